The summed E-state index contributed by atoms with van der Waals surface area (Å²) in [5.41, 5.74) is 3.93. The van der Waals surface area contributed by atoms with E-state index in [9.17, 15) is 13.0 Å². The number of nitrogens with zero attached hydrogens (tertiary/aromatic N) is 2. The number of aromatic amines is 2. The molecule has 28 heavy (non-hydrogen) atoms. The highest BCUT2D eigenvalue weighted by Gasteiger charge is 2.21. The Morgan fingerprint density at radius 3 is 1.93 bits per heavy atom. The molecule has 0 saturated heterocycles. The van der Waals surface area contributed by atoms with E-state index in [2.05, 4.69) is 19.9 Å². The number of hydrogen-bond donors (Lipinski definition) is 3. The molecule has 0 aliphatic rings. The van der Waals surface area contributed by atoms with Crippen LogP contribution in [0.25, 0.3) is 44.8 Å². The zero-order valence-electron chi connectivity index (χ0n) is 14.4. The molecular weight excluding hydrogens is 376 g/mol. The first-order valence-corrected chi connectivity index (χ1v) is 9.95. The molecule has 0 spiro atoms. The minimum atomic E-state index is -4.48. The summed E-state index contributed by atoms with van der Waals surface area (Å²) >= 11 is 0. The van der Waals surface area contributed by atoms with Gasteiger partial charge in [-0.1, -0.05) is 30.3 Å². The van der Waals surface area contributed by atoms with E-state index in [1.54, 1.807) is 12.1 Å². The van der Waals surface area contributed by atoms with Gasteiger partial charge in [0.2, 0.25) is 0 Å². The number of benzene rings is 3. The van der Waals surface area contributed by atoms with Crippen LogP contribution >= 0.6 is 0 Å². The lowest BCUT2D eigenvalue weighted by Gasteiger charge is -2.07. The summed E-state index contributed by atoms with van der Waals surface area (Å²) in [6.07, 6.45) is 0. The molecule has 2 aromatic heterocycles. The second kappa shape index (κ2) is 6.01. The zero-order valence-corrected chi connectivity index (χ0v) is 15.2. The standard InChI is InChI=1S/C20H14N4O3S/c25-28(26,27)18-11-12(19-21-14-5-1-2-6-15(14)22-19)9-10-13(18)20-23-16-7-3-4-8-17(16)24-20/h1-11H,(H,21,22)(H,23,24)(H,25,26,27). The Labute approximate surface area is 159 Å². The summed E-state index contributed by atoms with van der Waals surface area (Å²) in [4.78, 5) is 15.0. The van der Waals surface area contributed by atoms with Crippen molar-refractivity contribution in [3.63, 3.8) is 0 Å². The van der Waals surface area contributed by atoms with Crippen molar-refractivity contribution in [2.24, 2.45) is 0 Å². The summed E-state index contributed by atoms with van der Waals surface area (Å²) in [6.45, 7) is 0. The summed E-state index contributed by atoms with van der Waals surface area (Å²) < 4.78 is 34.0. The van der Waals surface area contributed by atoms with Crippen LogP contribution in [0.4, 0.5) is 0 Å². The average Bonchev–Trinajstić information content (AvgIpc) is 3.30. The predicted octanol–water partition coefficient (Wildman–Crippen LogP) is 4.02. The highest BCUT2D eigenvalue weighted by molar-refractivity contribution is 7.86. The third-order valence-corrected chi connectivity index (χ3v) is 5.46. The molecule has 0 aliphatic heterocycles. The summed E-state index contributed by atoms with van der Waals surface area (Å²) in [5.74, 6) is 0.882. The van der Waals surface area contributed by atoms with Gasteiger partial charge in [-0.3, -0.25) is 4.55 Å². The third-order valence-electron chi connectivity index (χ3n) is 4.57. The molecule has 2 heterocycles. The molecular formula is C20H14N4O3S. The zero-order chi connectivity index (χ0) is 19.3. The molecule has 0 saturated carbocycles. The maximum absolute atomic E-state index is 12.1. The largest absolute Gasteiger partial charge is 0.338 e. The average molecular weight is 390 g/mol. The minimum absolute atomic E-state index is 0.232. The monoisotopic (exact) mass is 390 g/mol. The van der Waals surface area contributed by atoms with Crippen molar-refractivity contribution in [3.8, 4) is 22.8 Å². The number of rotatable bonds is 3. The summed E-state index contributed by atoms with van der Waals surface area (Å²) in [5, 5.41) is 0. The van der Waals surface area contributed by atoms with Gasteiger partial charge in [0.15, 0.2) is 0 Å². The number of hydrogen-bond acceptors (Lipinski definition) is 4. The molecule has 8 heteroatoms. The molecule has 5 aromatic rings. The van der Waals surface area contributed by atoms with Gasteiger partial charge < -0.3 is 9.97 Å². The van der Waals surface area contributed by atoms with Gasteiger partial charge in [-0.2, -0.15) is 8.42 Å². The highest BCUT2D eigenvalue weighted by Crippen LogP contribution is 2.31. The van der Waals surface area contributed by atoms with Crippen molar-refractivity contribution >= 4 is 32.2 Å². The second-order valence-electron chi connectivity index (χ2n) is 6.39. The molecule has 3 aromatic carbocycles. The smallest absolute Gasteiger partial charge is 0.295 e. The quantitative estimate of drug-likeness (QED) is 0.403. The molecule has 0 fully saturated rings. The van der Waals surface area contributed by atoms with E-state index in [0.29, 0.717) is 28.3 Å². The van der Waals surface area contributed by atoms with E-state index in [-0.39, 0.29) is 4.90 Å². The van der Waals surface area contributed by atoms with E-state index in [1.807, 2.05) is 48.5 Å². The molecule has 138 valence electrons. The van der Waals surface area contributed by atoms with E-state index in [1.165, 1.54) is 6.07 Å². The van der Waals surface area contributed by atoms with Crippen LogP contribution in [0.5, 0.6) is 0 Å². The van der Waals surface area contributed by atoms with Gasteiger partial charge >= 0.3 is 0 Å². The van der Waals surface area contributed by atoms with Gasteiger partial charge in [0, 0.05) is 11.1 Å². The lowest BCUT2D eigenvalue weighted by molar-refractivity contribution is 0.483. The molecule has 0 atom stereocenters. The number of nitrogens with one attached hydrogen (secondary N) is 2. The SMILES string of the molecule is O=S(=O)(O)c1cc(-c2nc3ccccc3[nH]2)ccc1-c1nc2ccccc2[nH]1. The van der Waals surface area contributed by atoms with Crippen molar-refractivity contribution in [1.29, 1.82) is 0 Å². The molecule has 0 amide bonds. The number of aromatic nitrogens is 4. The topological polar surface area (TPSA) is 112 Å². The minimum Gasteiger partial charge on any atom is -0.338 e. The maximum Gasteiger partial charge on any atom is 0.295 e. The van der Waals surface area contributed by atoms with Crippen LogP contribution in [-0.2, 0) is 10.1 Å². The van der Waals surface area contributed by atoms with Crippen LogP contribution in [-0.4, -0.2) is 32.9 Å². The Kier molecular flexibility index (Phi) is 3.58. The fourth-order valence-electron chi connectivity index (χ4n) is 3.25. The van der Waals surface area contributed by atoms with E-state index in [0.717, 1.165) is 16.6 Å². The van der Waals surface area contributed by atoms with Crippen molar-refractivity contribution in [3.05, 3.63) is 66.7 Å². The van der Waals surface area contributed by atoms with Gasteiger partial charge in [-0.15, -0.1) is 0 Å². The first kappa shape index (κ1) is 16.7. The van der Waals surface area contributed by atoms with Gasteiger partial charge in [0.25, 0.3) is 10.1 Å². The van der Waals surface area contributed by atoms with E-state index >= 15 is 0 Å². The fourth-order valence-corrected chi connectivity index (χ4v) is 3.97. The molecule has 3 N–H and O–H groups in total. The molecule has 7 nitrogen and oxygen atoms in total. The molecule has 0 unspecified atom stereocenters. The van der Waals surface area contributed by atoms with E-state index in [4.69, 9.17) is 0 Å². The first-order chi connectivity index (χ1) is 13.5. The number of imidazole rings is 2. The van der Waals surface area contributed by atoms with Gasteiger partial charge in [0.05, 0.1) is 22.1 Å². The van der Waals surface area contributed by atoms with Gasteiger partial charge in [0.1, 0.15) is 16.5 Å². The number of para-hydroxylation sites is 4. The Morgan fingerprint density at radius 1 is 0.750 bits per heavy atom. The molecule has 0 bridgehead atoms. The van der Waals surface area contributed by atoms with Crippen LogP contribution in [0.15, 0.2) is 71.6 Å². The van der Waals surface area contributed by atoms with Crippen LogP contribution in [0, 0.1) is 0 Å². The van der Waals surface area contributed by atoms with Crippen molar-refractivity contribution in [2.45, 2.75) is 4.90 Å². The molecule has 0 aliphatic carbocycles. The Bertz CT molecular complexity index is 1380. The second-order valence-corrected chi connectivity index (χ2v) is 7.78. The lowest BCUT2D eigenvalue weighted by atomic mass is 10.1. The first-order valence-electron chi connectivity index (χ1n) is 8.51. The normalized spacial score (nSPS) is 12.0. The number of H-pyrrole nitrogens is 2. The number of fused-ring (bicyclic) bond motifs is 2. The third kappa shape index (κ3) is 2.75. The Morgan fingerprint density at radius 2 is 1.32 bits per heavy atom. The predicted molar refractivity (Wildman–Crippen MR) is 106 cm³/mol. The van der Waals surface area contributed by atoms with Crippen LogP contribution in [0.3, 0.4) is 0 Å². The summed E-state index contributed by atoms with van der Waals surface area (Å²) in [7, 11) is -4.48. The molecule has 0 radical (unpaired) electrons. The van der Waals surface area contributed by atoms with Crippen molar-refractivity contribution < 1.29 is 13.0 Å². The van der Waals surface area contributed by atoms with E-state index < -0.39 is 10.1 Å². The van der Waals surface area contributed by atoms with Crippen LogP contribution in [0.2, 0.25) is 0 Å². The fraction of sp³-hybridized carbons (Fsp3) is 0. The van der Waals surface area contributed by atoms with Crippen LogP contribution < -0.4 is 0 Å². The maximum atomic E-state index is 12.1. The highest BCUT2D eigenvalue weighted by atomic mass is 32.2. The Hall–Kier alpha value is -3.49. The van der Waals surface area contributed by atoms with Crippen molar-refractivity contribution in [1.82, 2.24) is 19.9 Å². The lowest BCUT2D eigenvalue weighted by Crippen LogP contribution is -2.02. The molecule has 5 rings (SSSR count). The van der Waals surface area contributed by atoms with Gasteiger partial charge in [-0.25, -0.2) is 9.97 Å². The Balaban J connectivity index is 1.70. The van der Waals surface area contributed by atoms with Crippen LogP contribution in [0.1, 0.15) is 0 Å². The summed E-state index contributed by atoms with van der Waals surface area (Å²) in [6, 6.07) is 19.7. The van der Waals surface area contributed by atoms with Gasteiger partial charge in [-0.05, 0) is 36.4 Å². The van der Waals surface area contributed by atoms with Crippen molar-refractivity contribution in [2.75, 3.05) is 0 Å².